The molecule has 1 atom stereocenters. The van der Waals surface area contributed by atoms with Crippen LogP contribution in [0.15, 0.2) is 59.8 Å². The smallest absolute Gasteiger partial charge is 0.338 e. The number of rotatable bonds is 5. The average molecular weight is 405 g/mol. The van der Waals surface area contributed by atoms with Crippen molar-refractivity contribution in [3.05, 3.63) is 76.5 Å². The summed E-state index contributed by atoms with van der Waals surface area (Å²) in [7, 11) is 0. The van der Waals surface area contributed by atoms with Gasteiger partial charge in [-0.2, -0.15) is 0 Å². The van der Waals surface area contributed by atoms with E-state index in [0.717, 1.165) is 36.2 Å². The van der Waals surface area contributed by atoms with E-state index in [1.165, 1.54) is 5.56 Å². The third-order valence-corrected chi connectivity index (χ3v) is 5.62. The normalized spacial score (nSPS) is 18.4. The number of para-hydroxylation sites is 1. The van der Waals surface area contributed by atoms with Gasteiger partial charge in [-0.3, -0.25) is 0 Å². The summed E-state index contributed by atoms with van der Waals surface area (Å²) >= 11 is 0. The Balaban J connectivity index is 1.75. The van der Waals surface area contributed by atoms with Gasteiger partial charge in [0.15, 0.2) is 0 Å². The highest BCUT2D eigenvalue weighted by atomic mass is 16.5. The molecule has 156 valence electrons. The van der Waals surface area contributed by atoms with Crippen LogP contribution < -0.4 is 15.5 Å². The molecule has 0 unspecified atom stereocenters. The quantitative estimate of drug-likeness (QED) is 0.746. The topological polar surface area (TPSA) is 70.7 Å². The van der Waals surface area contributed by atoms with Crippen molar-refractivity contribution in [1.29, 1.82) is 0 Å². The highest BCUT2D eigenvalue weighted by Gasteiger charge is 2.34. The summed E-state index contributed by atoms with van der Waals surface area (Å²) < 4.78 is 5.37. The molecule has 30 heavy (non-hydrogen) atoms. The number of benzene rings is 2. The molecule has 0 bridgehead atoms. The predicted molar refractivity (Wildman–Crippen MR) is 116 cm³/mol. The number of anilines is 1. The van der Waals surface area contributed by atoms with E-state index in [1.807, 2.05) is 43.3 Å². The number of aryl methyl sites for hydroxylation is 2. The zero-order chi connectivity index (χ0) is 21.1. The Morgan fingerprint density at radius 3 is 2.70 bits per heavy atom. The molecule has 0 aliphatic carbocycles. The van der Waals surface area contributed by atoms with Crippen LogP contribution in [-0.2, 0) is 16.0 Å². The Hall–Kier alpha value is -3.28. The molecular weight excluding hydrogens is 378 g/mol. The Morgan fingerprint density at radius 1 is 1.17 bits per heavy atom. The maximum Gasteiger partial charge on any atom is 0.338 e. The third kappa shape index (κ3) is 4.03. The van der Waals surface area contributed by atoms with Gasteiger partial charge >= 0.3 is 12.0 Å². The standard InChI is InChI=1S/C24H27N3O3/c1-3-30-23(28)21-19(15-27-14-6-8-17-7-4-5-9-20(17)27)25-24(29)26-22(21)18-12-10-16(2)11-13-18/h4-5,7,9-13,22H,3,6,8,14-15H2,1-2H3,(H2,25,26,29)/t22-/m1/s1. The summed E-state index contributed by atoms with van der Waals surface area (Å²) in [4.78, 5) is 27.7. The van der Waals surface area contributed by atoms with Crippen molar-refractivity contribution < 1.29 is 14.3 Å². The number of nitrogens with one attached hydrogen (secondary N) is 2. The van der Waals surface area contributed by atoms with Gasteiger partial charge in [0.25, 0.3) is 0 Å². The van der Waals surface area contributed by atoms with Gasteiger partial charge in [0.1, 0.15) is 0 Å². The number of nitrogens with zero attached hydrogens (tertiary/aromatic N) is 1. The lowest BCUT2D eigenvalue weighted by atomic mass is 9.94. The first-order valence-corrected chi connectivity index (χ1v) is 10.4. The van der Waals surface area contributed by atoms with Crippen LogP contribution in [0.3, 0.4) is 0 Å². The number of urea groups is 1. The molecule has 0 saturated heterocycles. The zero-order valence-corrected chi connectivity index (χ0v) is 17.4. The Labute approximate surface area is 176 Å². The van der Waals surface area contributed by atoms with E-state index in [2.05, 4.69) is 27.7 Å². The molecule has 2 N–H and O–H groups in total. The molecule has 2 aromatic rings. The van der Waals surface area contributed by atoms with Gasteiger partial charge in [-0.25, -0.2) is 9.59 Å². The minimum Gasteiger partial charge on any atom is -0.463 e. The van der Waals surface area contributed by atoms with E-state index in [-0.39, 0.29) is 12.6 Å². The lowest BCUT2D eigenvalue weighted by Crippen LogP contribution is -2.49. The Morgan fingerprint density at radius 2 is 1.93 bits per heavy atom. The summed E-state index contributed by atoms with van der Waals surface area (Å²) in [5, 5.41) is 5.78. The third-order valence-electron chi connectivity index (χ3n) is 5.62. The summed E-state index contributed by atoms with van der Waals surface area (Å²) in [6, 6.07) is 15.3. The van der Waals surface area contributed by atoms with Gasteiger partial charge in [0.2, 0.25) is 0 Å². The minimum absolute atomic E-state index is 0.275. The van der Waals surface area contributed by atoms with Gasteiger partial charge in [0, 0.05) is 12.2 Å². The molecule has 6 nitrogen and oxygen atoms in total. The molecule has 0 fully saturated rings. The SMILES string of the molecule is CCOC(=O)C1=C(CN2CCCc3ccccc32)NC(=O)N[C@@H]1c1ccc(C)cc1. The first kappa shape index (κ1) is 20.0. The fourth-order valence-electron chi connectivity index (χ4n) is 4.17. The molecule has 6 heteroatoms. The van der Waals surface area contributed by atoms with Crippen molar-refractivity contribution in [2.45, 2.75) is 32.7 Å². The highest BCUT2D eigenvalue weighted by Crippen LogP contribution is 2.31. The Kier molecular flexibility index (Phi) is 5.74. The summed E-state index contributed by atoms with van der Waals surface area (Å²) in [6.45, 7) is 5.38. The lowest BCUT2D eigenvalue weighted by Gasteiger charge is -2.35. The van der Waals surface area contributed by atoms with Crippen LogP contribution in [-0.4, -0.2) is 31.7 Å². The molecule has 0 radical (unpaired) electrons. The number of carbonyl (C=O) groups excluding carboxylic acids is 2. The molecule has 2 heterocycles. The van der Waals surface area contributed by atoms with Gasteiger partial charge in [-0.1, -0.05) is 48.0 Å². The largest absolute Gasteiger partial charge is 0.463 e. The second-order valence-corrected chi connectivity index (χ2v) is 7.71. The fraction of sp³-hybridized carbons (Fsp3) is 0.333. The van der Waals surface area contributed by atoms with Gasteiger partial charge < -0.3 is 20.3 Å². The monoisotopic (exact) mass is 405 g/mol. The molecular formula is C24H27N3O3. The molecule has 2 amide bonds. The van der Waals surface area contributed by atoms with Crippen LogP contribution in [0.4, 0.5) is 10.5 Å². The van der Waals surface area contributed by atoms with E-state index in [4.69, 9.17) is 4.74 Å². The number of hydrogen-bond donors (Lipinski definition) is 2. The molecule has 0 aromatic heterocycles. The van der Waals surface area contributed by atoms with E-state index < -0.39 is 12.0 Å². The van der Waals surface area contributed by atoms with E-state index in [0.29, 0.717) is 17.8 Å². The van der Waals surface area contributed by atoms with Crippen LogP contribution in [0.2, 0.25) is 0 Å². The van der Waals surface area contributed by atoms with Crippen molar-refractivity contribution in [2.75, 3.05) is 24.6 Å². The second-order valence-electron chi connectivity index (χ2n) is 7.71. The first-order chi connectivity index (χ1) is 14.6. The van der Waals surface area contributed by atoms with Crippen molar-refractivity contribution in [1.82, 2.24) is 10.6 Å². The average Bonchev–Trinajstić information content (AvgIpc) is 2.74. The van der Waals surface area contributed by atoms with Crippen molar-refractivity contribution in [2.24, 2.45) is 0 Å². The molecule has 0 saturated carbocycles. The number of carbonyl (C=O) groups is 2. The maximum atomic E-state index is 13.0. The van der Waals surface area contributed by atoms with Crippen molar-refractivity contribution in [3.8, 4) is 0 Å². The van der Waals surface area contributed by atoms with E-state index in [9.17, 15) is 9.59 Å². The minimum atomic E-state index is -0.548. The lowest BCUT2D eigenvalue weighted by molar-refractivity contribution is -0.139. The summed E-state index contributed by atoms with van der Waals surface area (Å²) in [6.07, 6.45) is 2.07. The van der Waals surface area contributed by atoms with Gasteiger partial charge in [0.05, 0.1) is 30.5 Å². The van der Waals surface area contributed by atoms with E-state index in [1.54, 1.807) is 6.92 Å². The summed E-state index contributed by atoms with van der Waals surface area (Å²) in [5.74, 6) is -0.407. The number of hydrogen-bond acceptors (Lipinski definition) is 4. The highest BCUT2D eigenvalue weighted by molar-refractivity contribution is 5.95. The van der Waals surface area contributed by atoms with Crippen LogP contribution in [0, 0.1) is 6.92 Å². The van der Waals surface area contributed by atoms with E-state index >= 15 is 0 Å². The van der Waals surface area contributed by atoms with Crippen LogP contribution in [0.1, 0.15) is 36.1 Å². The number of ether oxygens (including phenoxy) is 1. The molecule has 2 aliphatic rings. The van der Waals surface area contributed by atoms with Crippen LogP contribution in [0.25, 0.3) is 0 Å². The molecule has 4 rings (SSSR count). The van der Waals surface area contributed by atoms with Gasteiger partial charge in [-0.15, -0.1) is 0 Å². The van der Waals surface area contributed by atoms with Crippen LogP contribution in [0.5, 0.6) is 0 Å². The number of esters is 1. The van der Waals surface area contributed by atoms with Crippen molar-refractivity contribution in [3.63, 3.8) is 0 Å². The van der Waals surface area contributed by atoms with Gasteiger partial charge in [-0.05, 0) is 43.9 Å². The number of amides is 2. The molecule has 0 spiro atoms. The molecule has 2 aromatic carbocycles. The zero-order valence-electron chi connectivity index (χ0n) is 17.4. The first-order valence-electron chi connectivity index (χ1n) is 10.4. The Bertz CT molecular complexity index is 981. The number of fused-ring (bicyclic) bond motifs is 1. The second kappa shape index (κ2) is 8.61. The predicted octanol–water partition coefficient (Wildman–Crippen LogP) is 3.62. The maximum absolute atomic E-state index is 13.0. The molecule has 2 aliphatic heterocycles. The fourth-order valence-corrected chi connectivity index (χ4v) is 4.17. The summed E-state index contributed by atoms with van der Waals surface area (Å²) in [5.41, 5.74) is 5.47. The van der Waals surface area contributed by atoms with Crippen LogP contribution >= 0.6 is 0 Å². The van der Waals surface area contributed by atoms with Crippen molar-refractivity contribution >= 4 is 17.7 Å².